The highest BCUT2D eigenvalue weighted by atomic mass is 35.5. The average Bonchev–Trinajstić information content (AvgIpc) is 2.20. The van der Waals surface area contributed by atoms with E-state index in [4.69, 9.17) is 16.7 Å². The van der Waals surface area contributed by atoms with E-state index in [0.29, 0.717) is 6.54 Å². The number of hydrogen-bond acceptors (Lipinski definition) is 3. The van der Waals surface area contributed by atoms with Crippen molar-refractivity contribution in [3.8, 4) is 0 Å². The first-order chi connectivity index (χ1) is 7.18. The molecule has 1 aromatic carbocycles. The summed E-state index contributed by atoms with van der Waals surface area (Å²) >= 11 is 7.41. The number of benzene rings is 1. The SMILES string of the molecule is Cl.O=C(O)CNCCSc1ccc(Cl)cc1. The highest BCUT2D eigenvalue weighted by Gasteiger charge is 1.96. The van der Waals surface area contributed by atoms with E-state index >= 15 is 0 Å². The molecule has 0 fully saturated rings. The van der Waals surface area contributed by atoms with Crippen molar-refractivity contribution in [3.63, 3.8) is 0 Å². The van der Waals surface area contributed by atoms with Crippen molar-refractivity contribution in [2.75, 3.05) is 18.8 Å². The average molecular weight is 282 g/mol. The van der Waals surface area contributed by atoms with E-state index in [1.165, 1.54) is 0 Å². The van der Waals surface area contributed by atoms with Crippen LogP contribution in [0, 0.1) is 0 Å². The molecule has 0 spiro atoms. The van der Waals surface area contributed by atoms with Crippen LogP contribution in [0.4, 0.5) is 0 Å². The van der Waals surface area contributed by atoms with Gasteiger partial charge < -0.3 is 10.4 Å². The lowest BCUT2D eigenvalue weighted by atomic mass is 10.4. The molecule has 90 valence electrons. The first-order valence-electron chi connectivity index (χ1n) is 4.49. The lowest BCUT2D eigenvalue weighted by molar-refractivity contribution is -0.135. The Balaban J connectivity index is 0.00000225. The number of nitrogens with one attached hydrogen (secondary N) is 1. The van der Waals surface area contributed by atoms with Gasteiger partial charge in [-0.05, 0) is 24.3 Å². The standard InChI is InChI=1S/C10H12ClNO2S.ClH/c11-8-1-3-9(4-2-8)15-6-5-12-7-10(13)14;/h1-4,12H,5-7H2,(H,13,14);1H. The molecule has 0 amide bonds. The van der Waals surface area contributed by atoms with E-state index in [1.54, 1.807) is 11.8 Å². The Morgan fingerprint density at radius 2 is 2.00 bits per heavy atom. The van der Waals surface area contributed by atoms with E-state index in [0.717, 1.165) is 15.7 Å². The molecule has 6 heteroatoms. The van der Waals surface area contributed by atoms with Gasteiger partial charge in [0.15, 0.2) is 0 Å². The maximum Gasteiger partial charge on any atom is 0.317 e. The molecule has 0 radical (unpaired) electrons. The summed E-state index contributed by atoms with van der Waals surface area (Å²) < 4.78 is 0. The van der Waals surface area contributed by atoms with E-state index < -0.39 is 5.97 Å². The van der Waals surface area contributed by atoms with Gasteiger partial charge in [-0.25, -0.2) is 0 Å². The summed E-state index contributed by atoms with van der Waals surface area (Å²) in [5, 5.41) is 11.9. The third kappa shape index (κ3) is 6.95. The van der Waals surface area contributed by atoms with Gasteiger partial charge in [-0.1, -0.05) is 11.6 Å². The maximum atomic E-state index is 10.2. The predicted octanol–water partition coefficient (Wildman–Crippen LogP) is 2.53. The van der Waals surface area contributed by atoms with Gasteiger partial charge in [0.1, 0.15) is 0 Å². The fraction of sp³-hybridized carbons (Fsp3) is 0.300. The van der Waals surface area contributed by atoms with Crippen LogP contribution in [0.15, 0.2) is 29.2 Å². The minimum atomic E-state index is -0.827. The summed E-state index contributed by atoms with van der Waals surface area (Å²) in [6.45, 7) is 0.695. The van der Waals surface area contributed by atoms with Crippen molar-refractivity contribution in [1.29, 1.82) is 0 Å². The summed E-state index contributed by atoms with van der Waals surface area (Å²) in [6, 6.07) is 7.58. The Hall–Kier alpha value is -0.420. The van der Waals surface area contributed by atoms with Crippen LogP contribution in [0.1, 0.15) is 0 Å². The predicted molar refractivity (Wildman–Crippen MR) is 69.9 cm³/mol. The Labute approximate surface area is 110 Å². The smallest absolute Gasteiger partial charge is 0.317 e. The topological polar surface area (TPSA) is 49.3 Å². The van der Waals surface area contributed by atoms with E-state index in [9.17, 15) is 4.79 Å². The van der Waals surface area contributed by atoms with E-state index in [1.807, 2.05) is 24.3 Å². The third-order valence-corrected chi connectivity index (χ3v) is 2.90. The zero-order valence-corrected chi connectivity index (χ0v) is 10.9. The van der Waals surface area contributed by atoms with Crippen molar-refractivity contribution in [2.24, 2.45) is 0 Å². The molecule has 0 saturated carbocycles. The van der Waals surface area contributed by atoms with Gasteiger partial charge in [0.2, 0.25) is 0 Å². The van der Waals surface area contributed by atoms with Gasteiger partial charge in [0.05, 0.1) is 6.54 Å². The van der Waals surface area contributed by atoms with Crippen molar-refractivity contribution in [2.45, 2.75) is 4.90 Å². The molecule has 0 saturated heterocycles. The molecule has 2 N–H and O–H groups in total. The summed E-state index contributed by atoms with van der Waals surface area (Å²) in [4.78, 5) is 11.3. The second kappa shape index (κ2) is 8.70. The maximum absolute atomic E-state index is 10.2. The van der Waals surface area contributed by atoms with Crippen LogP contribution in [-0.2, 0) is 4.79 Å². The highest BCUT2D eigenvalue weighted by molar-refractivity contribution is 7.99. The zero-order valence-electron chi connectivity index (χ0n) is 8.48. The summed E-state index contributed by atoms with van der Waals surface area (Å²) in [7, 11) is 0. The Morgan fingerprint density at radius 1 is 1.38 bits per heavy atom. The molecule has 0 unspecified atom stereocenters. The quantitative estimate of drug-likeness (QED) is 0.622. The van der Waals surface area contributed by atoms with Crippen LogP contribution in [0.5, 0.6) is 0 Å². The number of hydrogen-bond donors (Lipinski definition) is 2. The van der Waals surface area contributed by atoms with Gasteiger partial charge >= 0.3 is 5.97 Å². The van der Waals surface area contributed by atoms with Crippen LogP contribution in [0.2, 0.25) is 5.02 Å². The van der Waals surface area contributed by atoms with E-state index in [2.05, 4.69) is 5.32 Å². The molecular weight excluding hydrogens is 269 g/mol. The van der Waals surface area contributed by atoms with Crippen LogP contribution in [0.3, 0.4) is 0 Å². The number of carbonyl (C=O) groups is 1. The van der Waals surface area contributed by atoms with Gasteiger partial charge in [-0.2, -0.15) is 0 Å². The summed E-state index contributed by atoms with van der Waals surface area (Å²) in [6.07, 6.45) is 0. The van der Waals surface area contributed by atoms with Crippen molar-refractivity contribution < 1.29 is 9.90 Å². The molecule has 0 bridgehead atoms. The monoisotopic (exact) mass is 281 g/mol. The zero-order chi connectivity index (χ0) is 11.1. The summed E-state index contributed by atoms with van der Waals surface area (Å²) in [5.74, 6) is 0.0149. The molecule has 16 heavy (non-hydrogen) atoms. The van der Waals surface area contributed by atoms with E-state index in [-0.39, 0.29) is 19.0 Å². The van der Waals surface area contributed by atoms with Crippen LogP contribution in [0.25, 0.3) is 0 Å². The molecule has 0 atom stereocenters. The van der Waals surface area contributed by atoms with Crippen LogP contribution < -0.4 is 5.32 Å². The van der Waals surface area contributed by atoms with Gasteiger partial charge in [-0.3, -0.25) is 4.79 Å². The molecule has 0 aliphatic rings. The van der Waals surface area contributed by atoms with Gasteiger partial charge in [-0.15, -0.1) is 24.2 Å². The molecule has 3 nitrogen and oxygen atoms in total. The number of rotatable bonds is 6. The number of carboxylic acids is 1. The minimum Gasteiger partial charge on any atom is -0.480 e. The second-order valence-corrected chi connectivity index (χ2v) is 4.48. The van der Waals surface area contributed by atoms with Crippen molar-refractivity contribution >= 4 is 41.7 Å². The van der Waals surface area contributed by atoms with Crippen molar-refractivity contribution in [3.05, 3.63) is 29.3 Å². The summed E-state index contributed by atoms with van der Waals surface area (Å²) in [5.41, 5.74) is 0. The molecule has 0 aliphatic carbocycles. The highest BCUT2D eigenvalue weighted by Crippen LogP contribution is 2.19. The minimum absolute atomic E-state index is 0. The fourth-order valence-corrected chi connectivity index (χ4v) is 1.90. The molecule has 1 aromatic rings. The Kier molecular flexibility index (Phi) is 8.47. The molecule has 0 aromatic heterocycles. The molecule has 0 aliphatic heterocycles. The largest absolute Gasteiger partial charge is 0.480 e. The first kappa shape index (κ1) is 15.6. The number of halogens is 2. The lowest BCUT2D eigenvalue weighted by Gasteiger charge is -2.02. The Morgan fingerprint density at radius 3 is 2.56 bits per heavy atom. The van der Waals surface area contributed by atoms with Crippen molar-refractivity contribution in [1.82, 2.24) is 5.32 Å². The lowest BCUT2D eigenvalue weighted by Crippen LogP contribution is -2.24. The van der Waals surface area contributed by atoms with Crippen LogP contribution >= 0.6 is 35.8 Å². The fourth-order valence-electron chi connectivity index (χ4n) is 0.967. The first-order valence-corrected chi connectivity index (χ1v) is 5.86. The molecule has 1 rings (SSSR count). The number of thioether (sulfide) groups is 1. The normalized spacial score (nSPS) is 9.56. The number of aliphatic carboxylic acids is 1. The van der Waals surface area contributed by atoms with Gasteiger partial charge in [0.25, 0.3) is 0 Å². The third-order valence-electron chi connectivity index (χ3n) is 1.64. The van der Waals surface area contributed by atoms with Crippen LogP contribution in [-0.4, -0.2) is 29.9 Å². The van der Waals surface area contributed by atoms with Gasteiger partial charge in [0, 0.05) is 22.2 Å². The molecular formula is C10H13Cl2NO2S. The molecule has 0 heterocycles. The Bertz CT molecular complexity index is 319. The number of carboxylic acid groups (broad SMARTS) is 1. The second-order valence-electron chi connectivity index (χ2n) is 2.87.